The first kappa shape index (κ1) is 12.0. The summed E-state index contributed by atoms with van der Waals surface area (Å²) < 4.78 is 19.1. The molecule has 0 amide bonds. The van der Waals surface area contributed by atoms with Gasteiger partial charge in [0.1, 0.15) is 18.3 Å². The van der Waals surface area contributed by atoms with E-state index in [2.05, 4.69) is 9.26 Å². The van der Waals surface area contributed by atoms with Crippen molar-refractivity contribution < 1.29 is 38.9 Å². The summed E-state index contributed by atoms with van der Waals surface area (Å²) in [7, 11) is -4.79. The number of rotatable bonds is 3. The Bertz CT molecular complexity index is 238. The molecule has 0 radical (unpaired) electrons. The van der Waals surface area contributed by atoms with E-state index in [0.717, 1.165) is 0 Å². The van der Waals surface area contributed by atoms with Gasteiger partial charge in [-0.15, -0.1) is 0 Å². The van der Waals surface area contributed by atoms with Gasteiger partial charge < -0.3 is 29.8 Å². The maximum absolute atomic E-state index is 10.4. The molecule has 1 saturated heterocycles. The van der Waals surface area contributed by atoms with Crippen LogP contribution in [0.2, 0.25) is 0 Å². The van der Waals surface area contributed by atoms with Crippen molar-refractivity contribution in [1.82, 2.24) is 0 Å². The van der Waals surface area contributed by atoms with Crippen LogP contribution in [0.5, 0.6) is 0 Å². The molecule has 1 heterocycles. The lowest BCUT2D eigenvalue weighted by atomic mass is 10.1. The second kappa shape index (κ2) is 4.21. The van der Waals surface area contributed by atoms with Crippen molar-refractivity contribution >= 4 is 7.82 Å². The van der Waals surface area contributed by atoms with E-state index in [1.165, 1.54) is 0 Å². The van der Waals surface area contributed by atoms with E-state index in [1.54, 1.807) is 0 Å². The lowest BCUT2D eigenvalue weighted by Crippen LogP contribution is -2.34. The average molecular weight is 230 g/mol. The maximum atomic E-state index is 10.4. The first-order valence-electron chi connectivity index (χ1n) is 3.71. The summed E-state index contributed by atoms with van der Waals surface area (Å²) in [4.78, 5) is 16.8. The van der Waals surface area contributed by atoms with E-state index in [4.69, 9.17) is 25.1 Å². The third-order valence-corrected chi connectivity index (χ3v) is 2.22. The summed E-state index contributed by atoms with van der Waals surface area (Å²) in [6, 6.07) is 0. The summed E-state index contributed by atoms with van der Waals surface area (Å²) in [5, 5.41) is 26.9. The van der Waals surface area contributed by atoms with E-state index in [9.17, 15) is 4.57 Å². The third kappa shape index (κ3) is 2.72. The van der Waals surface area contributed by atoms with Gasteiger partial charge in [-0.3, -0.25) is 4.52 Å². The Morgan fingerprint density at radius 2 is 1.86 bits per heavy atom. The van der Waals surface area contributed by atoms with Gasteiger partial charge in [0.15, 0.2) is 6.29 Å². The Balaban J connectivity index is 2.61. The summed E-state index contributed by atoms with van der Waals surface area (Å²) in [5.41, 5.74) is 0. The van der Waals surface area contributed by atoms with Gasteiger partial charge in [-0.25, -0.2) is 4.57 Å². The maximum Gasteiger partial charge on any atom is 0.472 e. The van der Waals surface area contributed by atoms with Crippen molar-refractivity contribution in [3.05, 3.63) is 0 Å². The van der Waals surface area contributed by atoms with Crippen LogP contribution in [0.1, 0.15) is 0 Å². The quantitative estimate of drug-likeness (QED) is 0.336. The fraction of sp³-hybridized carbons (Fsp3) is 1.00. The first-order chi connectivity index (χ1) is 6.35. The summed E-state index contributed by atoms with van der Waals surface area (Å²) in [6.45, 7) is -0.584. The molecular formula is C5H11O8P. The third-order valence-electron chi connectivity index (χ3n) is 1.74. The van der Waals surface area contributed by atoms with Gasteiger partial charge >= 0.3 is 7.82 Å². The average Bonchev–Trinajstić information content (AvgIpc) is 2.30. The standard InChI is InChI=1S/C5H11O8P/c6-1-2-3(7)4(8)5(12-2)13-14(9,10)11/h2-8H,1H2,(H2,9,10,11)/t2?,3?,4?,5-/m1/s1. The molecule has 0 aromatic carbocycles. The zero-order valence-corrected chi connectivity index (χ0v) is 7.82. The molecular weight excluding hydrogens is 219 g/mol. The Kier molecular flexibility index (Phi) is 3.62. The lowest BCUT2D eigenvalue weighted by molar-refractivity contribution is -0.126. The first-order valence-corrected chi connectivity index (χ1v) is 5.24. The summed E-state index contributed by atoms with van der Waals surface area (Å²) in [6.07, 6.45) is -5.78. The highest BCUT2D eigenvalue weighted by atomic mass is 31.2. The molecule has 8 nitrogen and oxygen atoms in total. The fourth-order valence-corrected chi connectivity index (χ4v) is 1.53. The topological polar surface area (TPSA) is 137 Å². The van der Waals surface area contributed by atoms with Crippen molar-refractivity contribution in [2.45, 2.75) is 24.6 Å². The van der Waals surface area contributed by atoms with E-state index < -0.39 is 39.0 Å². The fourth-order valence-electron chi connectivity index (χ4n) is 1.09. The van der Waals surface area contributed by atoms with Crippen LogP contribution in [0, 0.1) is 0 Å². The number of phosphoric acid groups is 1. The second-order valence-electron chi connectivity index (χ2n) is 2.80. The van der Waals surface area contributed by atoms with Crippen molar-refractivity contribution in [1.29, 1.82) is 0 Å². The molecule has 0 spiro atoms. The summed E-state index contributed by atoms with van der Waals surface area (Å²) >= 11 is 0. The van der Waals surface area contributed by atoms with Crippen LogP contribution in [0.15, 0.2) is 0 Å². The predicted octanol–water partition coefficient (Wildman–Crippen LogP) is -2.47. The van der Waals surface area contributed by atoms with Crippen LogP contribution in [-0.2, 0) is 13.8 Å². The van der Waals surface area contributed by atoms with Crippen LogP contribution < -0.4 is 0 Å². The van der Waals surface area contributed by atoms with E-state index >= 15 is 0 Å². The number of aliphatic hydroxyl groups is 3. The molecule has 1 aliphatic heterocycles. The van der Waals surface area contributed by atoms with Crippen LogP contribution in [-0.4, -0.2) is 56.3 Å². The number of hydrogen-bond donors (Lipinski definition) is 5. The predicted molar refractivity (Wildman–Crippen MR) is 40.9 cm³/mol. The largest absolute Gasteiger partial charge is 0.472 e. The Hall–Kier alpha value is -0.0500. The van der Waals surface area contributed by atoms with E-state index in [-0.39, 0.29) is 0 Å². The molecule has 4 atom stereocenters. The van der Waals surface area contributed by atoms with Crippen LogP contribution in [0.4, 0.5) is 0 Å². The number of phosphoric ester groups is 1. The number of aliphatic hydroxyl groups excluding tert-OH is 3. The highest BCUT2D eigenvalue weighted by Crippen LogP contribution is 2.40. The van der Waals surface area contributed by atoms with Gasteiger partial charge in [0.05, 0.1) is 6.61 Å². The highest BCUT2D eigenvalue weighted by Gasteiger charge is 2.45. The zero-order chi connectivity index (χ0) is 10.9. The minimum absolute atomic E-state index is 0.584. The van der Waals surface area contributed by atoms with Crippen molar-refractivity contribution in [2.75, 3.05) is 6.61 Å². The molecule has 1 aliphatic rings. The number of hydrogen-bond acceptors (Lipinski definition) is 6. The van der Waals surface area contributed by atoms with Crippen LogP contribution in [0.25, 0.3) is 0 Å². The van der Waals surface area contributed by atoms with Gasteiger partial charge in [0.25, 0.3) is 0 Å². The monoisotopic (exact) mass is 230 g/mol. The molecule has 5 N–H and O–H groups in total. The Morgan fingerprint density at radius 1 is 1.29 bits per heavy atom. The molecule has 1 rings (SSSR count). The lowest BCUT2D eigenvalue weighted by Gasteiger charge is -2.15. The van der Waals surface area contributed by atoms with E-state index in [0.29, 0.717) is 0 Å². The van der Waals surface area contributed by atoms with Crippen molar-refractivity contribution in [3.63, 3.8) is 0 Å². The van der Waals surface area contributed by atoms with Crippen molar-refractivity contribution in [3.8, 4) is 0 Å². The molecule has 0 bridgehead atoms. The molecule has 84 valence electrons. The summed E-state index contributed by atoms with van der Waals surface area (Å²) in [5.74, 6) is 0. The van der Waals surface area contributed by atoms with Crippen LogP contribution in [0.3, 0.4) is 0 Å². The smallest absolute Gasteiger partial charge is 0.394 e. The molecule has 1 fully saturated rings. The molecule has 0 aromatic heterocycles. The molecule has 0 aromatic rings. The van der Waals surface area contributed by atoms with E-state index in [1.807, 2.05) is 0 Å². The van der Waals surface area contributed by atoms with Gasteiger partial charge in [-0.05, 0) is 0 Å². The number of ether oxygens (including phenoxy) is 1. The molecule has 14 heavy (non-hydrogen) atoms. The normalized spacial score (nSPS) is 38.9. The Morgan fingerprint density at radius 3 is 2.21 bits per heavy atom. The molecule has 0 aliphatic carbocycles. The minimum Gasteiger partial charge on any atom is -0.394 e. The van der Waals surface area contributed by atoms with Gasteiger partial charge in [-0.2, -0.15) is 0 Å². The van der Waals surface area contributed by atoms with Crippen LogP contribution >= 0.6 is 7.82 Å². The highest BCUT2D eigenvalue weighted by molar-refractivity contribution is 7.46. The van der Waals surface area contributed by atoms with Gasteiger partial charge in [0, 0.05) is 0 Å². The van der Waals surface area contributed by atoms with Gasteiger partial charge in [-0.1, -0.05) is 0 Å². The minimum atomic E-state index is -4.79. The molecule has 3 unspecified atom stereocenters. The Labute approximate surface area is 78.9 Å². The SMILES string of the molecule is O=P(O)(O)O[C@H]1OC(CO)C(O)C1O. The van der Waals surface area contributed by atoms with Gasteiger partial charge in [0.2, 0.25) is 0 Å². The zero-order valence-electron chi connectivity index (χ0n) is 6.92. The van der Waals surface area contributed by atoms with Crippen molar-refractivity contribution in [2.24, 2.45) is 0 Å². The molecule has 0 saturated carbocycles. The second-order valence-corrected chi connectivity index (χ2v) is 3.99. The molecule has 9 heteroatoms.